The molecule has 5 nitrogen and oxygen atoms in total. The van der Waals surface area contributed by atoms with Gasteiger partial charge in [0.05, 0.1) is 12.2 Å². The molecule has 2 N–H and O–H groups in total. The van der Waals surface area contributed by atoms with Gasteiger partial charge in [-0.2, -0.15) is 10.5 Å². The van der Waals surface area contributed by atoms with Gasteiger partial charge in [-0.3, -0.25) is 0 Å². The van der Waals surface area contributed by atoms with Crippen LogP contribution >= 0.6 is 11.8 Å². The van der Waals surface area contributed by atoms with Gasteiger partial charge in [-0.25, -0.2) is 4.98 Å². The Morgan fingerprint density at radius 2 is 1.83 bits per heavy atom. The topological polar surface area (TPSA) is 95.7 Å². The number of aromatic nitrogens is 1. The van der Waals surface area contributed by atoms with Crippen LogP contribution in [0.2, 0.25) is 0 Å². The summed E-state index contributed by atoms with van der Waals surface area (Å²) in [6.45, 7) is 2.78. The number of hydrogen-bond acceptors (Lipinski definition) is 6. The summed E-state index contributed by atoms with van der Waals surface area (Å²) >= 11 is 1.33. The minimum absolute atomic E-state index is 0.138. The number of pyridine rings is 1. The average Bonchev–Trinajstić information content (AvgIpc) is 2.61. The van der Waals surface area contributed by atoms with E-state index in [0.717, 1.165) is 24.2 Å². The van der Waals surface area contributed by atoms with E-state index in [0.29, 0.717) is 22.8 Å². The van der Waals surface area contributed by atoms with Crippen LogP contribution in [0.4, 0.5) is 5.82 Å². The van der Waals surface area contributed by atoms with Crippen molar-refractivity contribution in [2.24, 2.45) is 0 Å². The number of nitrogens with zero attached hydrogens (tertiary/aromatic N) is 3. The molecule has 1 heterocycles. The average molecular weight is 338 g/mol. The molecule has 2 rings (SSSR count). The lowest BCUT2D eigenvalue weighted by atomic mass is 9.97. The van der Waals surface area contributed by atoms with Gasteiger partial charge in [-0.05, 0) is 30.4 Å². The fourth-order valence-corrected chi connectivity index (χ4v) is 2.83. The zero-order valence-corrected chi connectivity index (χ0v) is 14.5. The van der Waals surface area contributed by atoms with Crippen LogP contribution in [0.1, 0.15) is 30.9 Å². The molecule has 24 heavy (non-hydrogen) atoms. The van der Waals surface area contributed by atoms with E-state index in [9.17, 15) is 10.5 Å². The predicted molar refractivity (Wildman–Crippen MR) is 95.7 cm³/mol. The number of nitrogens with two attached hydrogens (primary N) is 1. The Hall–Kier alpha value is -2.70. The van der Waals surface area contributed by atoms with Crippen LogP contribution in [0.25, 0.3) is 11.1 Å². The summed E-state index contributed by atoms with van der Waals surface area (Å²) in [6, 6.07) is 11.6. The molecule has 0 saturated heterocycles. The lowest BCUT2D eigenvalue weighted by molar-refractivity contribution is 0.309. The standard InChI is InChI=1S/C18H18N4OS/c1-3-4-9-23-13-7-5-12(6-8-13)16-14(10-19)17(21)22-18(24-2)15(16)11-20/h5-8H,3-4,9H2,1-2H3,(H2,21,22). The normalized spacial score (nSPS) is 10.0. The number of thioether (sulfide) groups is 1. The van der Waals surface area contributed by atoms with E-state index in [4.69, 9.17) is 10.5 Å². The van der Waals surface area contributed by atoms with Crippen molar-refractivity contribution in [3.63, 3.8) is 0 Å². The van der Waals surface area contributed by atoms with Gasteiger partial charge in [0.2, 0.25) is 0 Å². The van der Waals surface area contributed by atoms with Crippen LogP contribution in [-0.2, 0) is 0 Å². The molecule has 0 unspecified atom stereocenters. The van der Waals surface area contributed by atoms with E-state index < -0.39 is 0 Å². The first kappa shape index (κ1) is 17.7. The maximum absolute atomic E-state index is 9.52. The third kappa shape index (κ3) is 3.61. The molecule has 0 aliphatic heterocycles. The van der Waals surface area contributed by atoms with Crippen molar-refractivity contribution in [2.45, 2.75) is 24.8 Å². The predicted octanol–water partition coefficient (Wildman–Crippen LogP) is 3.97. The first-order valence-electron chi connectivity index (χ1n) is 7.57. The molecule has 1 aromatic carbocycles. The third-order valence-corrected chi connectivity index (χ3v) is 4.20. The summed E-state index contributed by atoms with van der Waals surface area (Å²) in [4.78, 5) is 4.16. The number of nitrogen functional groups attached to an aromatic ring is 1. The molecule has 0 amide bonds. The highest BCUT2D eigenvalue weighted by atomic mass is 32.2. The van der Waals surface area contributed by atoms with Gasteiger partial charge in [-0.15, -0.1) is 11.8 Å². The van der Waals surface area contributed by atoms with Gasteiger partial charge in [-0.1, -0.05) is 25.5 Å². The highest BCUT2D eigenvalue weighted by Gasteiger charge is 2.19. The molecule has 0 aliphatic rings. The summed E-state index contributed by atoms with van der Waals surface area (Å²) < 4.78 is 5.65. The Morgan fingerprint density at radius 3 is 2.38 bits per heavy atom. The highest BCUT2D eigenvalue weighted by Crippen LogP contribution is 2.35. The molecule has 0 saturated carbocycles. The van der Waals surface area contributed by atoms with Crippen LogP contribution in [0.3, 0.4) is 0 Å². The van der Waals surface area contributed by atoms with Gasteiger partial charge in [0, 0.05) is 5.56 Å². The van der Waals surface area contributed by atoms with Crippen LogP contribution in [0.15, 0.2) is 29.3 Å². The second kappa shape index (κ2) is 8.24. The minimum atomic E-state index is 0.138. The fourth-order valence-electron chi connectivity index (χ4n) is 2.29. The molecule has 0 atom stereocenters. The Kier molecular flexibility index (Phi) is 6.06. The van der Waals surface area contributed by atoms with Gasteiger partial charge in [0.15, 0.2) is 0 Å². The van der Waals surface area contributed by atoms with Gasteiger partial charge < -0.3 is 10.5 Å². The molecule has 0 radical (unpaired) electrons. The molecule has 0 spiro atoms. The Morgan fingerprint density at radius 1 is 1.17 bits per heavy atom. The molecule has 6 heteroatoms. The maximum atomic E-state index is 9.52. The van der Waals surface area contributed by atoms with Gasteiger partial charge in [0.1, 0.15) is 34.3 Å². The summed E-state index contributed by atoms with van der Waals surface area (Å²) in [7, 11) is 0. The molecule has 0 aliphatic carbocycles. The number of anilines is 1. The van der Waals surface area contributed by atoms with E-state index in [1.807, 2.05) is 30.5 Å². The van der Waals surface area contributed by atoms with Crippen molar-refractivity contribution in [2.75, 3.05) is 18.6 Å². The van der Waals surface area contributed by atoms with E-state index in [-0.39, 0.29) is 11.4 Å². The highest BCUT2D eigenvalue weighted by molar-refractivity contribution is 7.98. The van der Waals surface area contributed by atoms with E-state index >= 15 is 0 Å². The molecular weight excluding hydrogens is 320 g/mol. The number of ether oxygens (including phenoxy) is 1. The lowest BCUT2D eigenvalue weighted by Crippen LogP contribution is -2.03. The van der Waals surface area contributed by atoms with Crippen molar-refractivity contribution in [3.8, 4) is 29.0 Å². The summed E-state index contributed by atoms with van der Waals surface area (Å²) in [5.41, 5.74) is 7.76. The van der Waals surface area contributed by atoms with E-state index in [2.05, 4.69) is 24.0 Å². The van der Waals surface area contributed by atoms with E-state index in [1.54, 1.807) is 0 Å². The molecule has 122 valence electrons. The molecule has 0 bridgehead atoms. The number of nitriles is 2. The Labute approximate surface area is 146 Å². The third-order valence-electron chi connectivity index (χ3n) is 3.52. The van der Waals surface area contributed by atoms with Crippen LogP contribution in [0.5, 0.6) is 5.75 Å². The van der Waals surface area contributed by atoms with E-state index in [1.165, 1.54) is 11.8 Å². The number of hydrogen-bond donors (Lipinski definition) is 1. The Balaban J connectivity index is 2.50. The lowest BCUT2D eigenvalue weighted by Gasteiger charge is -2.12. The second-order valence-electron chi connectivity index (χ2n) is 5.08. The number of rotatable bonds is 6. The van der Waals surface area contributed by atoms with Gasteiger partial charge >= 0.3 is 0 Å². The molecular formula is C18H18N4OS. The smallest absolute Gasteiger partial charge is 0.143 e. The molecule has 2 aromatic rings. The largest absolute Gasteiger partial charge is 0.494 e. The van der Waals surface area contributed by atoms with Crippen molar-refractivity contribution in [3.05, 3.63) is 35.4 Å². The zero-order chi connectivity index (χ0) is 17.5. The van der Waals surface area contributed by atoms with Crippen LogP contribution in [0, 0.1) is 22.7 Å². The fraction of sp³-hybridized carbons (Fsp3) is 0.278. The maximum Gasteiger partial charge on any atom is 0.143 e. The first-order valence-corrected chi connectivity index (χ1v) is 8.79. The summed E-state index contributed by atoms with van der Waals surface area (Å²) in [5, 5.41) is 19.5. The summed E-state index contributed by atoms with van der Waals surface area (Å²) in [6.07, 6.45) is 3.89. The van der Waals surface area contributed by atoms with Crippen molar-refractivity contribution < 1.29 is 4.74 Å². The second-order valence-corrected chi connectivity index (χ2v) is 5.88. The van der Waals surface area contributed by atoms with Crippen molar-refractivity contribution in [1.29, 1.82) is 10.5 Å². The van der Waals surface area contributed by atoms with Gasteiger partial charge in [0.25, 0.3) is 0 Å². The number of benzene rings is 1. The number of unbranched alkanes of at least 4 members (excludes halogenated alkanes) is 1. The molecule has 0 fully saturated rings. The van der Waals surface area contributed by atoms with Crippen molar-refractivity contribution >= 4 is 17.6 Å². The zero-order valence-electron chi connectivity index (χ0n) is 13.7. The summed E-state index contributed by atoms with van der Waals surface area (Å²) in [5.74, 6) is 0.899. The van der Waals surface area contributed by atoms with Crippen molar-refractivity contribution in [1.82, 2.24) is 4.98 Å². The Bertz CT molecular complexity index is 804. The first-order chi connectivity index (χ1) is 11.7. The van der Waals surface area contributed by atoms with Crippen LogP contribution in [-0.4, -0.2) is 17.8 Å². The minimum Gasteiger partial charge on any atom is -0.494 e. The van der Waals surface area contributed by atoms with Crippen LogP contribution < -0.4 is 10.5 Å². The monoisotopic (exact) mass is 338 g/mol. The SMILES string of the molecule is CCCCOc1ccc(-c2c(C#N)c(N)nc(SC)c2C#N)cc1. The molecule has 1 aromatic heterocycles. The quantitative estimate of drug-likeness (QED) is 0.632.